The molecule has 1 fully saturated rings. The Morgan fingerprint density at radius 2 is 2.06 bits per heavy atom. The molecule has 0 aromatic carbocycles. The number of aryl methyl sites for hydroxylation is 2. The molecule has 1 aromatic heterocycles. The summed E-state index contributed by atoms with van der Waals surface area (Å²) in [5.74, 6) is 0. The third kappa shape index (κ3) is 2.75. The van der Waals surface area contributed by atoms with Crippen LogP contribution in [0.4, 0.5) is 0 Å². The monoisotopic (exact) mass is 298 g/mol. The van der Waals surface area contributed by atoms with Crippen LogP contribution in [0.3, 0.4) is 0 Å². The summed E-state index contributed by atoms with van der Waals surface area (Å²) in [6.07, 6.45) is 7.77. The molecule has 1 aliphatic rings. The third-order valence-electron chi connectivity index (χ3n) is 4.08. The van der Waals surface area contributed by atoms with Crippen LogP contribution in [0.1, 0.15) is 50.9 Å². The molecule has 1 saturated carbocycles. The maximum absolute atomic E-state index is 4.66. The van der Waals surface area contributed by atoms with Crippen LogP contribution in [-0.2, 0) is 19.4 Å². The second-order valence-corrected chi connectivity index (χ2v) is 5.87. The van der Waals surface area contributed by atoms with Crippen LogP contribution in [0.15, 0.2) is 6.07 Å². The second-order valence-electron chi connectivity index (χ2n) is 5.31. The molecule has 0 bridgehead atoms. The van der Waals surface area contributed by atoms with Gasteiger partial charge in [0.2, 0.25) is 0 Å². The fourth-order valence-electron chi connectivity index (χ4n) is 2.97. The summed E-state index contributed by atoms with van der Waals surface area (Å²) in [6.45, 7) is 5.36. The fourth-order valence-corrected chi connectivity index (χ4v) is 3.73. The molecule has 0 unspecified atom stereocenters. The predicted octanol–water partition coefficient (Wildman–Crippen LogP) is 3.96. The lowest BCUT2D eigenvalue weighted by Gasteiger charge is -2.26. The maximum atomic E-state index is 4.66. The lowest BCUT2D eigenvalue weighted by molar-refractivity contribution is 0.335. The first kappa shape index (κ1) is 13.1. The fraction of sp³-hybridized carbons (Fsp3) is 0.786. The van der Waals surface area contributed by atoms with Gasteiger partial charge in [-0.05, 0) is 44.1 Å². The van der Waals surface area contributed by atoms with Gasteiger partial charge in [-0.3, -0.25) is 4.68 Å². The second kappa shape index (κ2) is 5.55. The highest BCUT2D eigenvalue weighted by atomic mass is 79.9. The maximum Gasteiger partial charge on any atom is 0.0624 e. The van der Waals surface area contributed by atoms with E-state index in [4.69, 9.17) is 0 Å². The van der Waals surface area contributed by atoms with Gasteiger partial charge in [0.05, 0.1) is 5.69 Å². The van der Waals surface area contributed by atoms with Crippen molar-refractivity contribution < 1.29 is 0 Å². The standard InChI is InChI=1S/C14H23BrN2/c1-3-12-9-13(17(4-2)16-12)10-14(11-15)7-5-6-8-14/h9H,3-8,10-11H2,1-2H3. The van der Waals surface area contributed by atoms with E-state index in [0.717, 1.165) is 18.3 Å². The van der Waals surface area contributed by atoms with E-state index < -0.39 is 0 Å². The molecule has 0 spiro atoms. The highest BCUT2D eigenvalue weighted by molar-refractivity contribution is 9.09. The van der Waals surface area contributed by atoms with Crippen molar-refractivity contribution in [3.05, 3.63) is 17.5 Å². The van der Waals surface area contributed by atoms with Crippen molar-refractivity contribution in [2.24, 2.45) is 5.41 Å². The van der Waals surface area contributed by atoms with E-state index in [1.54, 1.807) is 0 Å². The van der Waals surface area contributed by atoms with Gasteiger partial charge < -0.3 is 0 Å². The van der Waals surface area contributed by atoms with E-state index in [-0.39, 0.29) is 0 Å². The highest BCUT2D eigenvalue weighted by Crippen LogP contribution is 2.42. The van der Waals surface area contributed by atoms with Crippen molar-refractivity contribution in [1.82, 2.24) is 9.78 Å². The molecule has 2 nitrogen and oxygen atoms in total. The van der Waals surface area contributed by atoms with E-state index in [9.17, 15) is 0 Å². The Hall–Kier alpha value is -0.310. The van der Waals surface area contributed by atoms with Crippen LogP contribution < -0.4 is 0 Å². The molecule has 1 aromatic rings. The summed E-state index contributed by atoms with van der Waals surface area (Å²) >= 11 is 3.73. The number of nitrogens with zero attached hydrogens (tertiary/aromatic N) is 2. The molecule has 0 N–H and O–H groups in total. The third-order valence-corrected chi connectivity index (χ3v) is 5.27. The molecule has 0 atom stereocenters. The molecule has 0 amide bonds. The van der Waals surface area contributed by atoms with E-state index >= 15 is 0 Å². The van der Waals surface area contributed by atoms with Crippen LogP contribution in [0.5, 0.6) is 0 Å². The zero-order valence-electron chi connectivity index (χ0n) is 11.0. The molecule has 1 aliphatic carbocycles. The van der Waals surface area contributed by atoms with E-state index in [2.05, 4.69) is 45.6 Å². The molecular formula is C14H23BrN2. The van der Waals surface area contributed by atoms with Crippen molar-refractivity contribution in [1.29, 1.82) is 0 Å². The normalized spacial score (nSPS) is 18.8. The Kier molecular flexibility index (Phi) is 4.29. The summed E-state index contributed by atoms with van der Waals surface area (Å²) < 4.78 is 2.20. The molecule has 2 rings (SSSR count). The smallest absolute Gasteiger partial charge is 0.0624 e. The van der Waals surface area contributed by atoms with Crippen molar-refractivity contribution in [3.63, 3.8) is 0 Å². The van der Waals surface area contributed by atoms with Gasteiger partial charge in [0.25, 0.3) is 0 Å². The summed E-state index contributed by atoms with van der Waals surface area (Å²) in [5.41, 5.74) is 3.17. The van der Waals surface area contributed by atoms with E-state index in [0.29, 0.717) is 5.41 Å². The highest BCUT2D eigenvalue weighted by Gasteiger charge is 2.33. The van der Waals surface area contributed by atoms with Crippen LogP contribution in [-0.4, -0.2) is 15.1 Å². The Morgan fingerprint density at radius 1 is 1.35 bits per heavy atom. The summed E-state index contributed by atoms with van der Waals surface area (Å²) in [4.78, 5) is 0. The van der Waals surface area contributed by atoms with Crippen LogP contribution in [0.2, 0.25) is 0 Å². The van der Waals surface area contributed by atoms with Gasteiger partial charge in [-0.25, -0.2) is 0 Å². The quantitative estimate of drug-likeness (QED) is 0.752. The van der Waals surface area contributed by atoms with Crippen molar-refractivity contribution in [3.8, 4) is 0 Å². The molecule has 3 heteroatoms. The lowest BCUT2D eigenvalue weighted by atomic mass is 9.83. The SMILES string of the molecule is CCc1cc(CC2(CBr)CCCC2)n(CC)n1. The summed E-state index contributed by atoms with van der Waals surface area (Å²) in [6, 6.07) is 2.31. The summed E-state index contributed by atoms with van der Waals surface area (Å²) in [5, 5.41) is 5.79. The minimum absolute atomic E-state index is 0.498. The first-order chi connectivity index (χ1) is 8.23. The van der Waals surface area contributed by atoms with Gasteiger partial charge in [-0.2, -0.15) is 5.10 Å². The predicted molar refractivity (Wildman–Crippen MR) is 75.7 cm³/mol. The van der Waals surface area contributed by atoms with Gasteiger partial charge in [-0.15, -0.1) is 0 Å². The van der Waals surface area contributed by atoms with Crippen molar-refractivity contribution >= 4 is 15.9 Å². The number of rotatable bonds is 5. The van der Waals surface area contributed by atoms with Crippen LogP contribution in [0.25, 0.3) is 0 Å². The van der Waals surface area contributed by atoms with Gasteiger partial charge in [-0.1, -0.05) is 35.7 Å². The van der Waals surface area contributed by atoms with Crippen LogP contribution >= 0.6 is 15.9 Å². The number of halogens is 1. The largest absolute Gasteiger partial charge is 0.270 e. The average molecular weight is 299 g/mol. The van der Waals surface area contributed by atoms with Crippen LogP contribution in [0, 0.1) is 5.41 Å². The molecule has 96 valence electrons. The topological polar surface area (TPSA) is 17.8 Å². The number of alkyl halides is 1. The van der Waals surface area contributed by atoms with Gasteiger partial charge in [0.15, 0.2) is 0 Å². The molecular weight excluding hydrogens is 276 g/mol. The minimum Gasteiger partial charge on any atom is -0.270 e. The van der Waals surface area contributed by atoms with Crippen molar-refractivity contribution in [2.75, 3.05) is 5.33 Å². The van der Waals surface area contributed by atoms with E-state index in [1.165, 1.54) is 43.5 Å². The summed E-state index contributed by atoms with van der Waals surface area (Å²) in [7, 11) is 0. The molecule has 0 radical (unpaired) electrons. The number of hydrogen-bond donors (Lipinski definition) is 0. The molecule has 1 heterocycles. The van der Waals surface area contributed by atoms with E-state index in [1.807, 2.05) is 0 Å². The minimum atomic E-state index is 0.498. The average Bonchev–Trinajstić information content (AvgIpc) is 2.97. The molecule has 0 saturated heterocycles. The number of hydrogen-bond acceptors (Lipinski definition) is 1. The first-order valence-corrected chi connectivity index (χ1v) is 7.97. The van der Waals surface area contributed by atoms with Crippen molar-refractivity contribution in [2.45, 2.75) is 58.9 Å². The van der Waals surface area contributed by atoms with Gasteiger partial charge >= 0.3 is 0 Å². The zero-order valence-corrected chi connectivity index (χ0v) is 12.6. The Bertz CT molecular complexity index is 364. The Balaban J connectivity index is 2.18. The Labute approximate surface area is 113 Å². The molecule has 0 aliphatic heterocycles. The van der Waals surface area contributed by atoms with Gasteiger partial charge in [0, 0.05) is 17.6 Å². The molecule has 17 heavy (non-hydrogen) atoms. The Morgan fingerprint density at radius 3 is 2.59 bits per heavy atom. The van der Waals surface area contributed by atoms with Gasteiger partial charge in [0.1, 0.15) is 0 Å². The lowest BCUT2D eigenvalue weighted by Crippen LogP contribution is -2.23. The number of aromatic nitrogens is 2. The first-order valence-electron chi connectivity index (χ1n) is 6.84. The zero-order chi connectivity index (χ0) is 12.3.